The molecular formula is C20H21N7O. The molecule has 8 nitrogen and oxygen atoms in total. The number of nitrogens with zero attached hydrogens (tertiary/aromatic N) is 5. The van der Waals surface area contributed by atoms with Crippen molar-refractivity contribution in [2.24, 2.45) is 12.0 Å². The van der Waals surface area contributed by atoms with Crippen molar-refractivity contribution >= 4 is 28.7 Å². The second kappa shape index (κ2) is 6.72. The zero-order chi connectivity index (χ0) is 19.1. The summed E-state index contributed by atoms with van der Waals surface area (Å²) in [5.41, 5.74) is 4.54. The predicted molar refractivity (Wildman–Crippen MR) is 109 cm³/mol. The third kappa shape index (κ3) is 2.82. The monoisotopic (exact) mass is 375 g/mol. The van der Waals surface area contributed by atoms with Crippen molar-refractivity contribution in [3.05, 3.63) is 36.5 Å². The lowest BCUT2D eigenvalue weighted by Crippen LogP contribution is -2.20. The van der Waals surface area contributed by atoms with Crippen LogP contribution in [0.4, 0.5) is 0 Å². The molecule has 4 aromatic rings. The molecule has 1 unspecified atom stereocenters. The first kappa shape index (κ1) is 16.9. The normalized spacial score (nSPS) is 16.8. The number of aryl methyl sites for hydroxylation is 1. The van der Waals surface area contributed by atoms with Crippen LogP contribution in [0.15, 0.2) is 35.8 Å². The molecule has 4 aromatic heterocycles. The van der Waals surface area contributed by atoms with Gasteiger partial charge in [0.15, 0.2) is 5.75 Å². The first-order valence-corrected chi connectivity index (χ1v) is 9.31. The van der Waals surface area contributed by atoms with Gasteiger partial charge in [0.1, 0.15) is 17.4 Å². The minimum atomic E-state index is 0.121. The zero-order valence-corrected chi connectivity index (χ0v) is 15.6. The summed E-state index contributed by atoms with van der Waals surface area (Å²) in [5.74, 6) is 0.773. The van der Waals surface area contributed by atoms with Crippen molar-refractivity contribution in [1.29, 1.82) is 0 Å². The van der Waals surface area contributed by atoms with Gasteiger partial charge >= 0.3 is 0 Å². The van der Waals surface area contributed by atoms with Gasteiger partial charge in [-0.3, -0.25) is 14.7 Å². The van der Waals surface area contributed by atoms with Crippen molar-refractivity contribution in [2.45, 2.75) is 19.1 Å². The maximum Gasteiger partial charge on any atom is 0.153 e. The molecule has 0 radical (unpaired) electrons. The molecule has 2 N–H and O–H groups in total. The molecule has 0 bridgehead atoms. The first-order chi connectivity index (χ1) is 13.7. The topological polar surface area (TPSA) is 93.0 Å². The largest absolute Gasteiger partial charge is 0.486 e. The van der Waals surface area contributed by atoms with Crippen LogP contribution in [-0.4, -0.2) is 50.6 Å². The molecule has 5 rings (SSSR count). The van der Waals surface area contributed by atoms with Gasteiger partial charge in [0, 0.05) is 42.5 Å². The van der Waals surface area contributed by atoms with Gasteiger partial charge in [0.05, 0.1) is 29.8 Å². The standard InChI is InChI=1S/C20H21N7O/c1-21-9-17-19(28-14-3-4-22-8-14)18-15-5-12(13-7-25-27(2)11-13)6-24-20(15)26-16(18)10-23-17/h5-7,10-11,14,22H,1,3-4,8-9H2,2H3,(H,24,26). The second-order valence-corrected chi connectivity index (χ2v) is 7.08. The molecule has 5 heterocycles. The van der Waals surface area contributed by atoms with E-state index in [1.54, 1.807) is 4.68 Å². The highest BCUT2D eigenvalue weighted by molar-refractivity contribution is 6.10. The Hall–Kier alpha value is -3.26. The molecule has 0 aliphatic carbocycles. The molecule has 0 amide bonds. The average Bonchev–Trinajstić information content (AvgIpc) is 3.43. The first-order valence-electron chi connectivity index (χ1n) is 9.31. The van der Waals surface area contributed by atoms with Crippen molar-refractivity contribution < 1.29 is 4.74 Å². The van der Waals surface area contributed by atoms with Crippen LogP contribution < -0.4 is 10.1 Å². The van der Waals surface area contributed by atoms with Gasteiger partial charge in [-0.05, 0) is 25.7 Å². The van der Waals surface area contributed by atoms with E-state index in [4.69, 9.17) is 4.74 Å². The van der Waals surface area contributed by atoms with Crippen LogP contribution in [0.1, 0.15) is 12.1 Å². The van der Waals surface area contributed by atoms with Gasteiger partial charge < -0.3 is 15.0 Å². The number of aromatic nitrogens is 5. The van der Waals surface area contributed by atoms with E-state index >= 15 is 0 Å². The summed E-state index contributed by atoms with van der Waals surface area (Å²) in [6, 6.07) is 2.13. The van der Waals surface area contributed by atoms with Crippen LogP contribution in [0.25, 0.3) is 33.1 Å². The van der Waals surface area contributed by atoms with E-state index < -0.39 is 0 Å². The van der Waals surface area contributed by atoms with Crippen molar-refractivity contribution in [3.63, 3.8) is 0 Å². The van der Waals surface area contributed by atoms with Gasteiger partial charge in [-0.25, -0.2) is 4.98 Å². The van der Waals surface area contributed by atoms with Gasteiger partial charge in [-0.2, -0.15) is 5.10 Å². The quantitative estimate of drug-likeness (QED) is 0.523. The summed E-state index contributed by atoms with van der Waals surface area (Å²) in [4.78, 5) is 16.6. The van der Waals surface area contributed by atoms with Crippen molar-refractivity contribution in [1.82, 2.24) is 30.0 Å². The molecule has 1 atom stereocenters. The summed E-state index contributed by atoms with van der Waals surface area (Å²) in [7, 11) is 1.91. The summed E-state index contributed by atoms with van der Waals surface area (Å²) in [6.45, 7) is 5.83. The molecule has 8 heteroatoms. The number of rotatable bonds is 5. The fourth-order valence-electron chi connectivity index (χ4n) is 3.75. The predicted octanol–water partition coefficient (Wildman–Crippen LogP) is 2.45. The van der Waals surface area contributed by atoms with Gasteiger partial charge in [-0.1, -0.05) is 0 Å². The molecule has 0 aromatic carbocycles. The lowest BCUT2D eigenvalue weighted by molar-refractivity contribution is 0.223. The van der Waals surface area contributed by atoms with Gasteiger partial charge in [-0.15, -0.1) is 0 Å². The number of aliphatic imine (C=N–C) groups is 1. The van der Waals surface area contributed by atoms with Crippen LogP contribution in [0.5, 0.6) is 5.75 Å². The number of nitrogens with one attached hydrogen (secondary N) is 2. The Balaban J connectivity index is 1.72. The third-order valence-electron chi connectivity index (χ3n) is 5.12. The fraction of sp³-hybridized carbons (Fsp3) is 0.300. The van der Waals surface area contributed by atoms with Gasteiger partial charge in [0.25, 0.3) is 0 Å². The van der Waals surface area contributed by atoms with Gasteiger partial charge in [0.2, 0.25) is 0 Å². The molecule has 1 aliphatic rings. The zero-order valence-electron chi connectivity index (χ0n) is 15.6. The highest BCUT2D eigenvalue weighted by Gasteiger charge is 2.22. The minimum absolute atomic E-state index is 0.121. The molecule has 0 saturated carbocycles. The summed E-state index contributed by atoms with van der Waals surface area (Å²) in [6.07, 6.45) is 8.59. The number of ether oxygens (including phenoxy) is 1. The second-order valence-electron chi connectivity index (χ2n) is 7.08. The van der Waals surface area contributed by atoms with E-state index in [-0.39, 0.29) is 6.10 Å². The molecule has 1 fully saturated rings. The average molecular weight is 375 g/mol. The van der Waals surface area contributed by atoms with E-state index in [1.807, 2.05) is 31.8 Å². The highest BCUT2D eigenvalue weighted by Crippen LogP contribution is 2.37. The van der Waals surface area contributed by atoms with E-state index in [0.717, 1.165) is 64.0 Å². The lowest BCUT2D eigenvalue weighted by Gasteiger charge is -2.16. The Morgan fingerprint density at radius 1 is 1.29 bits per heavy atom. The van der Waals surface area contributed by atoms with Crippen LogP contribution in [-0.2, 0) is 13.6 Å². The fourth-order valence-corrected chi connectivity index (χ4v) is 3.75. The van der Waals surface area contributed by atoms with E-state index in [2.05, 4.69) is 43.1 Å². The maximum atomic E-state index is 6.41. The Bertz CT molecular complexity index is 1170. The smallest absolute Gasteiger partial charge is 0.153 e. The Kier molecular flexibility index (Phi) is 4.05. The Morgan fingerprint density at radius 3 is 2.96 bits per heavy atom. The lowest BCUT2D eigenvalue weighted by atomic mass is 10.1. The number of fused-ring (bicyclic) bond motifs is 3. The number of hydrogen-bond acceptors (Lipinski definition) is 6. The maximum absolute atomic E-state index is 6.41. The minimum Gasteiger partial charge on any atom is -0.486 e. The number of aromatic amines is 1. The molecular weight excluding hydrogens is 354 g/mol. The molecule has 1 aliphatic heterocycles. The SMILES string of the molecule is C=NCc1ncc2[nH]c3ncc(-c4cnn(C)c4)cc3c2c1OC1CCNC1. The van der Waals surface area contributed by atoms with Crippen LogP contribution in [0.3, 0.4) is 0 Å². The summed E-state index contributed by atoms with van der Waals surface area (Å²) >= 11 is 0. The molecule has 28 heavy (non-hydrogen) atoms. The van der Waals surface area contributed by atoms with Crippen LogP contribution in [0.2, 0.25) is 0 Å². The molecule has 0 spiro atoms. The van der Waals surface area contributed by atoms with E-state index in [9.17, 15) is 0 Å². The number of hydrogen-bond donors (Lipinski definition) is 2. The third-order valence-corrected chi connectivity index (χ3v) is 5.12. The van der Waals surface area contributed by atoms with E-state index in [1.165, 1.54) is 0 Å². The number of H-pyrrole nitrogens is 1. The molecule has 1 saturated heterocycles. The van der Waals surface area contributed by atoms with Crippen molar-refractivity contribution in [2.75, 3.05) is 13.1 Å². The Morgan fingerprint density at radius 2 is 2.21 bits per heavy atom. The Labute approximate surface area is 161 Å². The van der Waals surface area contributed by atoms with Crippen LogP contribution in [0, 0.1) is 0 Å². The molecule has 142 valence electrons. The van der Waals surface area contributed by atoms with E-state index in [0.29, 0.717) is 6.54 Å². The van der Waals surface area contributed by atoms with Crippen molar-refractivity contribution in [3.8, 4) is 16.9 Å². The summed E-state index contributed by atoms with van der Waals surface area (Å²) in [5, 5.41) is 9.61. The highest BCUT2D eigenvalue weighted by atomic mass is 16.5. The summed E-state index contributed by atoms with van der Waals surface area (Å²) < 4.78 is 8.20. The van der Waals surface area contributed by atoms with Crippen LogP contribution >= 0.6 is 0 Å². The number of pyridine rings is 2.